The fourth-order valence-electron chi connectivity index (χ4n) is 2.78. The van der Waals surface area contributed by atoms with Crippen molar-refractivity contribution in [2.45, 2.75) is 19.8 Å². The second kappa shape index (κ2) is 9.08. The summed E-state index contributed by atoms with van der Waals surface area (Å²) in [6.45, 7) is 4.79. The number of likely N-dealkylation sites (N-methyl/N-ethyl adjacent to an activating group) is 1. The Bertz CT molecular complexity index is 434. The number of hydrogen-bond acceptors (Lipinski definition) is 5. The molecule has 2 amide bonds. The van der Waals surface area contributed by atoms with E-state index in [0.29, 0.717) is 45.6 Å². The Balaban J connectivity index is 0.00000264. The van der Waals surface area contributed by atoms with Crippen LogP contribution in [0.3, 0.4) is 0 Å². The van der Waals surface area contributed by atoms with Crippen molar-refractivity contribution in [3.63, 3.8) is 0 Å². The highest BCUT2D eigenvalue weighted by molar-refractivity contribution is 5.86. The van der Waals surface area contributed by atoms with Gasteiger partial charge in [0, 0.05) is 33.2 Å². The summed E-state index contributed by atoms with van der Waals surface area (Å²) in [6.07, 6.45) is 1.27. The molecular weight excluding hydrogens is 322 g/mol. The highest BCUT2D eigenvalue weighted by atomic mass is 35.5. The molecule has 0 aromatic heterocycles. The summed E-state index contributed by atoms with van der Waals surface area (Å²) in [5.74, 6) is -0.296. The van der Waals surface area contributed by atoms with Gasteiger partial charge in [-0.05, 0) is 19.8 Å². The molecule has 0 aromatic rings. The average molecular weight is 348 g/mol. The first-order valence-electron chi connectivity index (χ1n) is 7.93. The predicted molar refractivity (Wildman–Crippen MR) is 87.2 cm³/mol. The Hall–Kier alpha value is -1.34. The number of amides is 2. The fourth-order valence-corrected chi connectivity index (χ4v) is 2.78. The van der Waals surface area contributed by atoms with Gasteiger partial charge in [0.2, 0.25) is 11.8 Å². The average Bonchev–Trinajstić information content (AvgIpc) is 2.45. The summed E-state index contributed by atoms with van der Waals surface area (Å²) < 4.78 is 5.02. The van der Waals surface area contributed by atoms with Crippen molar-refractivity contribution in [2.24, 2.45) is 11.8 Å². The molecule has 0 atom stereocenters. The van der Waals surface area contributed by atoms with Gasteiger partial charge in [0.1, 0.15) is 0 Å². The molecule has 0 radical (unpaired) electrons. The zero-order valence-electron chi connectivity index (χ0n) is 13.7. The van der Waals surface area contributed by atoms with Crippen molar-refractivity contribution < 1.29 is 19.1 Å². The smallest absolute Gasteiger partial charge is 0.309 e. The summed E-state index contributed by atoms with van der Waals surface area (Å²) >= 11 is 0. The molecule has 23 heavy (non-hydrogen) atoms. The van der Waals surface area contributed by atoms with Crippen LogP contribution in [0, 0.1) is 11.8 Å². The Kier molecular flexibility index (Phi) is 7.78. The van der Waals surface area contributed by atoms with E-state index in [0.717, 1.165) is 0 Å². The van der Waals surface area contributed by atoms with Crippen molar-refractivity contribution >= 4 is 30.2 Å². The first-order chi connectivity index (χ1) is 10.5. The molecule has 0 aromatic carbocycles. The van der Waals surface area contributed by atoms with Crippen LogP contribution in [0.25, 0.3) is 0 Å². The van der Waals surface area contributed by atoms with Crippen LogP contribution in [0.2, 0.25) is 0 Å². The zero-order chi connectivity index (χ0) is 16.1. The molecule has 2 saturated heterocycles. The van der Waals surface area contributed by atoms with Crippen LogP contribution in [0.15, 0.2) is 0 Å². The van der Waals surface area contributed by atoms with Gasteiger partial charge in [-0.2, -0.15) is 0 Å². The van der Waals surface area contributed by atoms with E-state index in [1.165, 1.54) is 4.90 Å². The molecule has 2 aliphatic rings. The lowest BCUT2D eigenvalue weighted by molar-refractivity contribution is -0.151. The highest BCUT2D eigenvalue weighted by Gasteiger charge is 2.31. The van der Waals surface area contributed by atoms with Gasteiger partial charge in [-0.1, -0.05) is 0 Å². The number of halogens is 1. The predicted octanol–water partition coefficient (Wildman–Crippen LogP) is -0.112. The molecule has 2 rings (SSSR count). The van der Waals surface area contributed by atoms with E-state index in [4.69, 9.17) is 4.74 Å². The molecular formula is C15H26ClN3O4. The minimum Gasteiger partial charge on any atom is -0.466 e. The van der Waals surface area contributed by atoms with Crippen molar-refractivity contribution in [3.05, 3.63) is 0 Å². The van der Waals surface area contributed by atoms with Gasteiger partial charge in [-0.3, -0.25) is 14.4 Å². The van der Waals surface area contributed by atoms with Crippen LogP contribution in [0.5, 0.6) is 0 Å². The minimum atomic E-state index is -0.167. The summed E-state index contributed by atoms with van der Waals surface area (Å²) in [6, 6.07) is 0. The number of nitrogens with one attached hydrogen (secondary N) is 1. The number of ether oxygens (including phenoxy) is 1. The molecule has 0 unspecified atom stereocenters. The summed E-state index contributed by atoms with van der Waals surface area (Å²) in [7, 11) is 1.67. The molecule has 0 spiro atoms. The van der Waals surface area contributed by atoms with E-state index < -0.39 is 0 Å². The van der Waals surface area contributed by atoms with Gasteiger partial charge in [-0.25, -0.2) is 0 Å². The maximum Gasteiger partial charge on any atom is 0.309 e. The number of esters is 1. The van der Waals surface area contributed by atoms with E-state index in [2.05, 4.69) is 5.32 Å². The lowest BCUT2D eigenvalue weighted by Crippen LogP contribution is -2.53. The van der Waals surface area contributed by atoms with Gasteiger partial charge in [0.05, 0.1) is 25.0 Å². The maximum atomic E-state index is 12.2. The molecule has 7 nitrogen and oxygen atoms in total. The second-order valence-electron chi connectivity index (χ2n) is 5.96. The number of nitrogens with zero attached hydrogens (tertiary/aromatic N) is 2. The van der Waals surface area contributed by atoms with Crippen LogP contribution in [-0.4, -0.2) is 74.0 Å². The monoisotopic (exact) mass is 347 g/mol. The Morgan fingerprint density at radius 2 is 1.78 bits per heavy atom. The van der Waals surface area contributed by atoms with Crippen LogP contribution in [0.4, 0.5) is 0 Å². The highest BCUT2D eigenvalue weighted by Crippen LogP contribution is 2.19. The van der Waals surface area contributed by atoms with E-state index in [9.17, 15) is 14.4 Å². The fraction of sp³-hybridized carbons (Fsp3) is 0.800. The molecule has 0 bridgehead atoms. The van der Waals surface area contributed by atoms with E-state index in [-0.39, 0.29) is 48.6 Å². The number of rotatable bonds is 5. The second-order valence-corrected chi connectivity index (χ2v) is 5.96. The van der Waals surface area contributed by atoms with Gasteiger partial charge in [0.25, 0.3) is 0 Å². The number of hydrogen-bond donors (Lipinski definition) is 1. The quantitative estimate of drug-likeness (QED) is 0.702. The largest absolute Gasteiger partial charge is 0.466 e. The van der Waals surface area contributed by atoms with E-state index >= 15 is 0 Å². The Morgan fingerprint density at radius 1 is 1.17 bits per heavy atom. The Morgan fingerprint density at radius 3 is 2.26 bits per heavy atom. The van der Waals surface area contributed by atoms with Gasteiger partial charge in [0.15, 0.2) is 0 Å². The van der Waals surface area contributed by atoms with Crippen molar-refractivity contribution in [3.8, 4) is 0 Å². The van der Waals surface area contributed by atoms with Crippen LogP contribution < -0.4 is 5.32 Å². The lowest BCUT2D eigenvalue weighted by atomic mass is 9.97. The summed E-state index contributed by atoms with van der Waals surface area (Å²) in [4.78, 5) is 39.2. The van der Waals surface area contributed by atoms with Gasteiger partial charge in [-0.15, -0.1) is 12.4 Å². The van der Waals surface area contributed by atoms with E-state index in [1.54, 1.807) is 18.9 Å². The molecule has 0 saturated carbocycles. The third-order valence-electron chi connectivity index (χ3n) is 4.35. The van der Waals surface area contributed by atoms with Crippen LogP contribution >= 0.6 is 12.4 Å². The van der Waals surface area contributed by atoms with Crippen molar-refractivity contribution in [2.75, 3.05) is 46.4 Å². The lowest BCUT2D eigenvalue weighted by Gasteiger charge is -2.34. The molecule has 0 aliphatic carbocycles. The number of carbonyl (C=O) groups excluding carboxylic acids is 3. The van der Waals surface area contributed by atoms with Crippen molar-refractivity contribution in [1.29, 1.82) is 0 Å². The molecule has 132 valence electrons. The van der Waals surface area contributed by atoms with Crippen molar-refractivity contribution in [1.82, 2.24) is 15.1 Å². The molecule has 2 aliphatic heterocycles. The molecule has 2 heterocycles. The number of piperidine rings is 1. The van der Waals surface area contributed by atoms with Gasteiger partial charge >= 0.3 is 5.97 Å². The zero-order valence-corrected chi connectivity index (χ0v) is 14.6. The first kappa shape index (κ1) is 19.7. The molecule has 8 heteroatoms. The summed E-state index contributed by atoms with van der Waals surface area (Å²) in [5.41, 5.74) is 0. The SMILES string of the molecule is CCOC(=O)C1CCN(C(=O)CN(C)C(=O)C2CNC2)CC1.Cl. The topological polar surface area (TPSA) is 79.0 Å². The van der Waals surface area contributed by atoms with E-state index in [1.807, 2.05) is 0 Å². The van der Waals surface area contributed by atoms with Gasteiger partial charge < -0.3 is 19.9 Å². The number of likely N-dealkylation sites (tertiary alicyclic amines) is 1. The minimum absolute atomic E-state index is 0. The summed E-state index contributed by atoms with van der Waals surface area (Å²) in [5, 5.41) is 3.05. The number of carbonyl (C=O) groups is 3. The van der Waals surface area contributed by atoms with Crippen LogP contribution in [0.1, 0.15) is 19.8 Å². The third-order valence-corrected chi connectivity index (χ3v) is 4.35. The third kappa shape index (κ3) is 5.07. The normalized spacial score (nSPS) is 18.6. The van der Waals surface area contributed by atoms with Crippen LogP contribution in [-0.2, 0) is 19.1 Å². The Labute approximate surface area is 143 Å². The first-order valence-corrected chi connectivity index (χ1v) is 7.93. The maximum absolute atomic E-state index is 12.2. The standard InChI is InChI=1S/C15H25N3O4.ClH/c1-3-22-15(21)11-4-6-18(7-5-11)13(19)10-17(2)14(20)12-8-16-9-12;/h11-12,16H,3-10H2,1-2H3;1H. The molecule has 1 N–H and O–H groups in total. The molecule has 2 fully saturated rings.